The molecular formula is C18H17FN4O3. The minimum Gasteiger partial charge on any atom is -0.476 e. The molecule has 0 aliphatic heterocycles. The molecule has 0 fully saturated rings. The molecular weight excluding hydrogens is 339 g/mol. The number of rotatable bonds is 6. The number of hydrogen-bond acceptors (Lipinski definition) is 4. The van der Waals surface area contributed by atoms with Crippen molar-refractivity contribution in [1.82, 2.24) is 20.1 Å². The normalized spacial score (nSPS) is 10.8. The summed E-state index contributed by atoms with van der Waals surface area (Å²) in [4.78, 5) is 27.7. The molecule has 0 atom stereocenters. The van der Waals surface area contributed by atoms with Crippen molar-refractivity contribution in [2.75, 3.05) is 6.54 Å². The van der Waals surface area contributed by atoms with Gasteiger partial charge in [0.2, 0.25) is 0 Å². The number of carboxylic acid groups (broad SMARTS) is 1. The summed E-state index contributed by atoms with van der Waals surface area (Å²) < 4.78 is 14.8. The zero-order valence-corrected chi connectivity index (χ0v) is 14.1. The van der Waals surface area contributed by atoms with E-state index in [0.29, 0.717) is 35.1 Å². The Bertz CT molecular complexity index is 984. The number of fused-ring (bicyclic) bond motifs is 1. The van der Waals surface area contributed by atoms with Crippen LogP contribution in [0.4, 0.5) is 4.39 Å². The van der Waals surface area contributed by atoms with E-state index in [0.717, 1.165) is 0 Å². The van der Waals surface area contributed by atoms with Gasteiger partial charge in [-0.05, 0) is 30.7 Å². The number of nitrogens with one attached hydrogen (secondary N) is 1. The SMILES string of the molecule is CCc1nc2cc(F)ccc2cc1C(=O)NCCn1ccc(C(=O)O)n1. The molecule has 26 heavy (non-hydrogen) atoms. The second-order valence-electron chi connectivity index (χ2n) is 5.70. The highest BCUT2D eigenvalue weighted by molar-refractivity contribution is 5.98. The van der Waals surface area contributed by atoms with Gasteiger partial charge in [0.25, 0.3) is 5.91 Å². The van der Waals surface area contributed by atoms with E-state index in [-0.39, 0.29) is 24.0 Å². The maximum Gasteiger partial charge on any atom is 0.356 e. The molecule has 0 radical (unpaired) electrons. The lowest BCUT2D eigenvalue weighted by Gasteiger charge is -2.10. The summed E-state index contributed by atoms with van der Waals surface area (Å²) in [6.45, 7) is 2.50. The minimum atomic E-state index is -1.10. The van der Waals surface area contributed by atoms with Gasteiger partial charge in [-0.3, -0.25) is 14.5 Å². The molecule has 0 aliphatic carbocycles. The molecule has 0 spiro atoms. The van der Waals surface area contributed by atoms with Gasteiger partial charge in [0.15, 0.2) is 5.69 Å². The Balaban J connectivity index is 1.72. The third-order valence-corrected chi connectivity index (χ3v) is 3.92. The molecule has 1 aromatic carbocycles. The van der Waals surface area contributed by atoms with Crippen molar-refractivity contribution in [3.8, 4) is 0 Å². The summed E-state index contributed by atoms with van der Waals surface area (Å²) in [7, 11) is 0. The van der Waals surface area contributed by atoms with Gasteiger partial charge in [0.05, 0.1) is 23.3 Å². The topological polar surface area (TPSA) is 97.1 Å². The number of aromatic carboxylic acids is 1. The number of pyridine rings is 1. The van der Waals surface area contributed by atoms with Crippen LogP contribution in [-0.4, -0.2) is 38.3 Å². The maximum absolute atomic E-state index is 13.3. The van der Waals surface area contributed by atoms with Crippen molar-refractivity contribution < 1.29 is 19.1 Å². The van der Waals surface area contributed by atoms with E-state index < -0.39 is 5.97 Å². The van der Waals surface area contributed by atoms with Crippen LogP contribution >= 0.6 is 0 Å². The first-order chi connectivity index (χ1) is 12.5. The zero-order valence-electron chi connectivity index (χ0n) is 14.1. The van der Waals surface area contributed by atoms with E-state index in [2.05, 4.69) is 15.4 Å². The highest BCUT2D eigenvalue weighted by Crippen LogP contribution is 2.18. The van der Waals surface area contributed by atoms with Gasteiger partial charge in [-0.1, -0.05) is 6.92 Å². The van der Waals surface area contributed by atoms with E-state index in [1.807, 2.05) is 6.92 Å². The fraction of sp³-hybridized carbons (Fsp3) is 0.222. The molecule has 2 heterocycles. The van der Waals surface area contributed by atoms with Crippen molar-refractivity contribution in [3.63, 3.8) is 0 Å². The number of hydrogen-bond donors (Lipinski definition) is 2. The van der Waals surface area contributed by atoms with Gasteiger partial charge < -0.3 is 10.4 Å². The Morgan fingerprint density at radius 1 is 1.27 bits per heavy atom. The summed E-state index contributed by atoms with van der Waals surface area (Å²) >= 11 is 0. The number of nitrogens with zero attached hydrogens (tertiary/aromatic N) is 3. The maximum atomic E-state index is 13.3. The van der Waals surface area contributed by atoms with Gasteiger partial charge in [-0.25, -0.2) is 9.18 Å². The van der Waals surface area contributed by atoms with Crippen molar-refractivity contribution in [2.45, 2.75) is 19.9 Å². The number of amides is 1. The average Bonchev–Trinajstić information content (AvgIpc) is 3.09. The second kappa shape index (κ2) is 7.30. The quantitative estimate of drug-likeness (QED) is 0.706. The number of aryl methyl sites for hydroxylation is 1. The van der Waals surface area contributed by atoms with E-state index >= 15 is 0 Å². The Hall–Kier alpha value is -3.29. The van der Waals surface area contributed by atoms with Gasteiger partial charge in [-0.2, -0.15) is 5.10 Å². The van der Waals surface area contributed by atoms with E-state index in [1.54, 1.807) is 18.3 Å². The number of carbonyl (C=O) groups is 2. The van der Waals surface area contributed by atoms with E-state index in [9.17, 15) is 14.0 Å². The van der Waals surface area contributed by atoms with Crippen molar-refractivity contribution in [3.05, 3.63) is 59.3 Å². The van der Waals surface area contributed by atoms with E-state index in [1.165, 1.54) is 22.9 Å². The smallest absolute Gasteiger partial charge is 0.356 e. The van der Waals surface area contributed by atoms with Crippen LogP contribution in [0.15, 0.2) is 36.5 Å². The number of benzene rings is 1. The third-order valence-electron chi connectivity index (χ3n) is 3.92. The van der Waals surface area contributed by atoms with Gasteiger partial charge in [0, 0.05) is 24.2 Å². The number of carboxylic acids is 1. The minimum absolute atomic E-state index is 0.0458. The van der Waals surface area contributed by atoms with Crippen LogP contribution in [0.2, 0.25) is 0 Å². The Morgan fingerprint density at radius 2 is 2.08 bits per heavy atom. The van der Waals surface area contributed by atoms with E-state index in [4.69, 9.17) is 5.11 Å². The van der Waals surface area contributed by atoms with Crippen LogP contribution in [-0.2, 0) is 13.0 Å². The molecule has 0 bridgehead atoms. The van der Waals surface area contributed by atoms with Crippen LogP contribution in [0.25, 0.3) is 10.9 Å². The molecule has 8 heteroatoms. The standard InChI is InChI=1S/C18H17FN4O3/c1-2-14-13(9-11-3-4-12(19)10-16(11)21-14)17(24)20-6-8-23-7-5-15(22-23)18(25)26/h3-5,7,9-10H,2,6,8H2,1H3,(H,20,24)(H,25,26). The predicted molar refractivity (Wildman–Crippen MR) is 92.6 cm³/mol. The van der Waals surface area contributed by atoms with Crippen LogP contribution in [0.1, 0.15) is 33.5 Å². The third kappa shape index (κ3) is 3.69. The number of aromatic nitrogens is 3. The summed E-state index contributed by atoms with van der Waals surface area (Å²) in [5.41, 5.74) is 1.50. The Labute approximate surface area is 148 Å². The highest BCUT2D eigenvalue weighted by Gasteiger charge is 2.14. The zero-order chi connectivity index (χ0) is 18.7. The van der Waals surface area contributed by atoms with Crippen LogP contribution in [0, 0.1) is 5.82 Å². The first-order valence-electron chi connectivity index (χ1n) is 8.12. The molecule has 3 rings (SSSR count). The first-order valence-corrected chi connectivity index (χ1v) is 8.12. The van der Waals surface area contributed by atoms with Gasteiger partial charge >= 0.3 is 5.97 Å². The van der Waals surface area contributed by atoms with Crippen LogP contribution in [0.5, 0.6) is 0 Å². The van der Waals surface area contributed by atoms with Gasteiger partial charge in [0.1, 0.15) is 5.82 Å². The summed E-state index contributed by atoms with van der Waals surface area (Å²) in [5.74, 6) is -1.76. The summed E-state index contributed by atoms with van der Waals surface area (Å²) in [6.07, 6.45) is 2.08. The van der Waals surface area contributed by atoms with Crippen molar-refractivity contribution in [2.24, 2.45) is 0 Å². The molecule has 134 valence electrons. The Kier molecular flexibility index (Phi) is 4.92. The lowest BCUT2D eigenvalue weighted by atomic mass is 10.1. The molecule has 0 saturated carbocycles. The molecule has 3 aromatic rings. The molecule has 0 aliphatic rings. The largest absolute Gasteiger partial charge is 0.476 e. The van der Waals surface area contributed by atoms with Crippen LogP contribution < -0.4 is 5.32 Å². The molecule has 1 amide bonds. The van der Waals surface area contributed by atoms with Crippen molar-refractivity contribution >= 4 is 22.8 Å². The number of halogens is 1. The number of carbonyl (C=O) groups excluding carboxylic acids is 1. The second-order valence-corrected chi connectivity index (χ2v) is 5.70. The monoisotopic (exact) mass is 356 g/mol. The first kappa shape index (κ1) is 17.5. The molecule has 0 unspecified atom stereocenters. The fourth-order valence-corrected chi connectivity index (χ4v) is 2.63. The van der Waals surface area contributed by atoms with Crippen LogP contribution in [0.3, 0.4) is 0 Å². The predicted octanol–water partition coefficient (Wildman–Crippen LogP) is 2.26. The lowest BCUT2D eigenvalue weighted by molar-refractivity contribution is 0.0689. The molecule has 2 N–H and O–H groups in total. The fourth-order valence-electron chi connectivity index (χ4n) is 2.63. The summed E-state index contributed by atoms with van der Waals surface area (Å²) in [5, 5.41) is 16.2. The van der Waals surface area contributed by atoms with Gasteiger partial charge in [-0.15, -0.1) is 0 Å². The van der Waals surface area contributed by atoms with Crippen molar-refractivity contribution in [1.29, 1.82) is 0 Å². The lowest BCUT2D eigenvalue weighted by Crippen LogP contribution is -2.28. The molecule has 0 saturated heterocycles. The average molecular weight is 356 g/mol. The molecule has 2 aromatic heterocycles. The Morgan fingerprint density at radius 3 is 2.77 bits per heavy atom. The molecule has 7 nitrogen and oxygen atoms in total. The summed E-state index contributed by atoms with van der Waals surface area (Å²) in [6, 6.07) is 7.35. The highest BCUT2D eigenvalue weighted by atomic mass is 19.1.